The van der Waals surface area contributed by atoms with Crippen LogP contribution in [-0.4, -0.2) is 9.97 Å². The molecule has 0 aliphatic heterocycles. The molecule has 0 fully saturated rings. The molecule has 1 aromatic rings. The lowest BCUT2D eigenvalue weighted by molar-refractivity contribution is 0.545. The van der Waals surface area contributed by atoms with Crippen LogP contribution in [0, 0.1) is 11.3 Å². The van der Waals surface area contributed by atoms with E-state index in [1.807, 2.05) is 26.8 Å². The van der Waals surface area contributed by atoms with Gasteiger partial charge in [0.15, 0.2) is 0 Å². The molecule has 0 amide bonds. The number of rotatable bonds is 0. The Morgan fingerprint density at radius 2 is 1.75 bits per heavy atom. The van der Waals surface area contributed by atoms with E-state index in [0.717, 1.165) is 5.82 Å². The topological polar surface area (TPSA) is 49.6 Å². The maximum absolute atomic E-state index is 8.50. The Bertz CT molecular complexity index is 300. The summed E-state index contributed by atoms with van der Waals surface area (Å²) in [6, 6.07) is 1.98. The van der Waals surface area contributed by atoms with Crippen LogP contribution in [0.5, 0.6) is 0 Å². The minimum Gasteiger partial charge on any atom is -0.239 e. The van der Waals surface area contributed by atoms with Crippen molar-refractivity contribution in [1.29, 1.82) is 5.26 Å². The second-order valence-electron chi connectivity index (χ2n) is 3.66. The SMILES string of the molecule is CC(C)(C)c1ncc(C#N)cn1. The molecule has 12 heavy (non-hydrogen) atoms. The second-order valence-corrected chi connectivity index (χ2v) is 3.66. The van der Waals surface area contributed by atoms with Gasteiger partial charge in [-0.05, 0) is 0 Å². The molecule has 0 radical (unpaired) electrons. The lowest BCUT2D eigenvalue weighted by Crippen LogP contribution is -2.15. The molecule has 62 valence electrons. The van der Waals surface area contributed by atoms with E-state index in [1.165, 1.54) is 0 Å². The van der Waals surface area contributed by atoms with Gasteiger partial charge in [0, 0.05) is 17.8 Å². The molecule has 0 bridgehead atoms. The van der Waals surface area contributed by atoms with Gasteiger partial charge in [-0.1, -0.05) is 20.8 Å². The van der Waals surface area contributed by atoms with E-state index in [4.69, 9.17) is 5.26 Å². The molecule has 0 aromatic carbocycles. The number of aromatic nitrogens is 2. The lowest BCUT2D eigenvalue weighted by atomic mass is 9.96. The van der Waals surface area contributed by atoms with Gasteiger partial charge in [-0.25, -0.2) is 9.97 Å². The van der Waals surface area contributed by atoms with Gasteiger partial charge in [-0.2, -0.15) is 5.26 Å². The smallest absolute Gasteiger partial charge is 0.133 e. The average Bonchev–Trinajstić information content (AvgIpc) is 2.03. The minimum atomic E-state index is -0.0476. The van der Waals surface area contributed by atoms with E-state index in [1.54, 1.807) is 12.4 Å². The van der Waals surface area contributed by atoms with Crippen LogP contribution in [0.3, 0.4) is 0 Å². The highest BCUT2D eigenvalue weighted by Crippen LogP contribution is 2.16. The van der Waals surface area contributed by atoms with Gasteiger partial charge in [0.1, 0.15) is 11.9 Å². The van der Waals surface area contributed by atoms with Crippen LogP contribution < -0.4 is 0 Å². The van der Waals surface area contributed by atoms with Gasteiger partial charge in [0.2, 0.25) is 0 Å². The maximum Gasteiger partial charge on any atom is 0.133 e. The Kier molecular flexibility index (Phi) is 2.09. The summed E-state index contributed by atoms with van der Waals surface area (Å²) in [4.78, 5) is 8.17. The lowest BCUT2D eigenvalue weighted by Gasteiger charge is -2.15. The van der Waals surface area contributed by atoms with Crippen molar-refractivity contribution in [3.8, 4) is 6.07 Å². The number of nitriles is 1. The quantitative estimate of drug-likeness (QED) is 0.581. The molecule has 0 saturated carbocycles. The van der Waals surface area contributed by atoms with Gasteiger partial charge in [-0.15, -0.1) is 0 Å². The summed E-state index contributed by atoms with van der Waals surface area (Å²) < 4.78 is 0. The van der Waals surface area contributed by atoms with Gasteiger partial charge >= 0.3 is 0 Å². The van der Waals surface area contributed by atoms with Crippen LogP contribution in [0.4, 0.5) is 0 Å². The van der Waals surface area contributed by atoms with E-state index < -0.39 is 0 Å². The minimum absolute atomic E-state index is 0.0476. The van der Waals surface area contributed by atoms with Crippen molar-refractivity contribution in [2.45, 2.75) is 26.2 Å². The van der Waals surface area contributed by atoms with Crippen molar-refractivity contribution >= 4 is 0 Å². The summed E-state index contributed by atoms with van der Waals surface area (Å²) in [6.45, 7) is 6.11. The number of nitrogens with zero attached hydrogens (tertiary/aromatic N) is 3. The zero-order valence-electron chi connectivity index (χ0n) is 7.50. The highest BCUT2D eigenvalue weighted by atomic mass is 14.9. The molecule has 0 aliphatic rings. The van der Waals surface area contributed by atoms with Crippen LogP contribution in [0.25, 0.3) is 0 Å². The summed E-state index contributed by atoms with van der Waals surface area (Å²) in [5.41, 5.74) is 0.455. The first-order chi connectivity index (χ1) is 5.54. The average molecular weight is 161 g/mol. The molecule has 1 rings (SSSR count). The summed E-state index contributed by atoms with van der Waals surface area (Å²) in [5, 5.41) is 8.50. The molecule has 0 atom stereocenters. The van der Waals surface area contributed by atoms with Gasteiger partial charge in [0.25, 0.3) is 0 Å². The largest absolute Gasteiger partial charge is 0.239 e. The normalized spacial score (nSPS) is 10.8. The molecular weight excluding hydrogens is 150 g/mol. The molecule has 1 heterocycles. The van der Waals surface area contributed by atoms with Crippen molar-refractivity contribution in [1.82, 2.24) is 9.97 Å². The molecule has 0 N–H and O–H groups in total. The fourth-order valence-corrected chi connectivity index (χ4v) is 0.773. The van der Waals surface area contributed by atoms with Crippen LogP contribution in [0.15, 0.2) is 12.4 Å². The predicted octanol–water partition coefficient (Wildman–Crippen LogP) is 1.65. The van der Waals surface area contributed by atoms with E-state index in [-0.39, 0.29) is 5.41 Å². The zero-order valence-corrected chi connectivity index (χ0v) is 7.50. The van der Waals surface area contributed by atoms with Crippen molar-refractivity contribution < 1.29 is 0 Å². The Morgan fingerprint density at radius 3 is 2.08 bits per heavy atom. The summed E-state index contributed by atoms with van der Waals surface area (Å²) in [5.74, 6) is 0.765. The van der Waals surface area contributed by atoms with E-state index in [9.17, 15) is 0 Å². The summed E-state index contributed by atoms with van der Waals surface area (Å²) in [6.07, 6.45) is 3.10. The van der Waals surface area contributed by atoms with E-state index >= 15 is 0 Å². The fraction of sp³-hybridized carbons (Fsp3) is 0.444. The van der Waals surface area contributed by atoms with Crippen LogP contribution in [0.2, 0.25) is 0 Å². The Hall–Kier alpha value is -1.43. The third-order valence-electron chi connectivity index (χ3n) is 1.45. The highest BCUT2D eigenvalue weighted by Gasteiger charge is 2.16. The maximum atomic E-state index is 8.50. The van der Waals surface area contributed by atoms with E-state index in [0.29, 0.717) is 5.56 Å². The third-order valence-corrected chi connectivity index (χ3v) is 1.45. The second kappa shape index (κ2) is 2.90. The van der Waals surface area contributed by atoms with Gasteiger partial charge in [-0.3, -0.25) is 0 Å². The standard InChI is InChI=1S/C9H11N3/c1-9(2,3)8-11-5-7(4-10)6-12-8/h5-6H,1-3H3. The first kappa shape index (κ1) is 8.66. The Labute approximate surface area is 72.1 Å². The van der Waals surface area contributed by atoms with Crippen LogP contribution in [0.1, 0.15) is 32.2 Å². The Balaban J connectivity index is 3.02. The van der Waals surface area contributed by atoms with Crippen LogP contribution >= 0.6 is 0 Å². The molecular formula is C9H11N3. The Morgan fingerprint density at radius 1 is 1.25 bits per heavy atom. The van der Waals surface area contributed by atoms with Crippen molar-refractivity contribution in [2.24, 2.45) is 0 Å². The van der Waals surface area contributed by atoms with Crippen molar-refractivity contribution in [3.63, 3.8) is 0 Å². The molecule has 0 aliphatic carbocycles. The van der Waals surface area contributed by atoms with Crippen molar-refractivity contribution in [2.75, 3.05) is 0 Å². The highest BCUT2D eigenvalue weighted by molar-refractivity contribution is 5.22. The molecule has 1 aromatic heterocycles. The third kappa shape index (κ3) is 1.79. The summed E-state index contributed by atoms with van der Waals surface area (Å²) >= 11 is 0. The van der Waals surface area contributed by atoms with Crippen LogP contribution in [-0.2, 0) is 5.41 Å². The number of hydrogen-bond acceptors (Lipinski definition) is 3. The molecule has 3 nitrogen and oxygen atoms in total. The first-order valence-electron chi connectivity index (χ1n) is 3.76. The number of hydrogen-bond donors (Lipinski definition) is 0. The fourth-order valence-electron chi connectivity index (χ4n) is 0.773. The zero-order chi connectivity index (χ0) is 9.19. The van der Waals surface area contributed by atoms with Gasteiger partial charge < -0.3 is 0 Å². The molecule has 0 unspecified atom stereocenters. The van der Waals surface area contributed by atoms with Gasteiger partial charge in [0.05, 0.1) is 5.56 Å². The van der Waals surface area contributed by atoms with E-state index in [2.05, 4.69) is 9.97 Å². The first-order valence-corrected chi connectivity index (χ1v) is 3.76. The monoisotopic (exact) mass is 161 g/mol. The summed E-state index contributed by atoms with van der Waals surface area (Å²) in [7, 11) is 0. The predicted molar refractivity (Wildman–Crippen MR) is 45.4 cm³/mol. The molecule has 0 spiro atoms. The molecule has 3 heteroatoms. The molecule has 0 saturated heterocycles. The van der Waals surface area contributed by atoms with Crippen molar-refractivity contribution in [3.05, 3.63) is 23.8 Å².